The molecule has 1 aliphatic rings. The summed E-state index contributed by atoms with van der Waals surface area (Å²) in [5.74, 6) is 0.279. The van der Waals surface area contributed by atoms with Gasteiger partial charge >= 0.3 is 0 Å². The van der Waals surface area contributed by atoms with Crippen LogP contribution in [0.1, 0.15) is 31.9 Å². The Labute approximate surface area is 121 Å². The fraction of sp³-hybridized carbons (Fsp3) is 0.600. The number of benzene rings is 1. The lowest BCUT2D eigenvalue weighted by Gasteiger charge is -2.38. The van der Waals surface area contributed by atoms with Crippen LogP contribution < -0.4 is 0 Å². The van der Waals surface area contributed by atoms with Gasteiger partial charge in [-0.25, -0.2) is 8.42 Å². The highest BCUT2D eigenvalue weighted by molar-refractivity contribution is 7.90. The van der Waals surface area contributed by atoms with E-state index in [-0.39, 0.29) is 18.1 Å². The zero-order valence-electron chi connectivity index (χ0n) is 12.3. The van der Waals surface area contributed by atoms with Gasteiger partial charge in [-0.1, -0.05) is 19.1 Å². The van der Waals surface area contributed by atoms with Crippen molar-refractivity contribution in [3.8, 4) is 0 Å². The van der Waals surface area contributed by atoms with Crippen LogP contribution in [-0.4, -0.2) is 43.9 Å². The van der Waals surface area contributed by atoms with Crippen LogP contribution in [0.5, 0.6) is 0 Å². The third-order valence-electron chi connectivity index (χ3n) is 4.23. The molecule has 1 N–H and O–H groups in total. The summed E-state index contributed by atoms with van der Waals surface area (Å²) in [6.45, 7) is 5.94. The molecule has 2 rings (SSSR count). The van der Waals surface area contributed by atoms with Crippen LogP contribution >= 0.6 is 0 Å². The minimum absolute atomic E-state index is 0.203. The van der Waals surface area contributed by atoms with Crippen molar-refractivity contribution < 1.29 is 13.5 Å². The lowest BCUT2D eigenvalue weighted by Crippen LogP contribution is -2.42. The van der Waals surface area contributed by atoms with Gasteiger partial charge in [-0.2, -0.15) is 0 Å². The van der Waals surface area contributed by atoms with Crippen molar-refractivity contribution in [2.75, 3.05) is 19.3 Å². The number of aliphatic hydroxyl groups is 1. The van der Waals surface area contributed by atoms with E-state index in [1.54, 1.807) is 12.1 Å². The maximum absolute atomic E-state index is 11.5. The second-order valence-corrected chi connectivity index (χ2v) is 7.86. The average molecular weight is 297 g/mol. The summed E-state index contributed by atoms with van der Waals surface area (Å²) in [6.07, 6.45) is 1.82. The fourth-order valence-corrected chi connectivity index (χ4v) is 3.35. The molecule has 1 fully saturated rings. The summed E-state index contributed by atoms with van der Waals surface area (Å²) in [7, 11) is -3.13. The van der Waals surface area contributed by atoms with Crippen molar-refractivity contribution >= 4 is 9.84 Å². The van der Waals surface area contributed by atoms with Crippen molar-refractivity contribution in [2.45, 2.75) is 37.3 Å². The number of aliphatic hydroxyl groups excluding tert-OH is 1. The first kappa shape index (κ1) is 15.5. The molecule has 0 aromatic heterocycles. The number of hydrogen-bond acceptors (Lipinski definition) is 4. The van der Waals surface area contributed by atoms with Gasteiger partial charge in [-0.05, 0) is 37.0 Å². The average Bonchev–Trinajstić information content (AvgIpc) is 2.40. The van der Waals surface area contributed by atoms with Gasteiger partial charge in [0.15, 0.2) is 9.84 Å². The maximum atomic E-state index is 11.5. The monoisotopic (exact) mass is 297 g/mol. The largest absolute Gasteiger partial charge is 0.393 e. The van der Waals surface area contributed by atoms with E-state index in [1.807, 2.05) is 12.1 Å². The molecule has 0 unspecified atom stereocenters. The Morgan fingerprint density at radius 1 is 1.30 bits per heavy atom. The Morgan fingerprint density at radius 3 is 2.40 bits per heavy atom. The first-order valence-corrected chi connectivity index (χ1v) is 8.90. The van der Waals surface area contributed by atoms with Crippen molar-refractivity contribution in [2.24, 2.45) is 5.92 Å². The van der Waals surface area contributed by atoms with Gasteiger partial charge in [0, 0.05) is 25.4 Å². The molecule has 3 atom stereocenters. The molecule has 4 nitrogen and oxygen atoms in total. The number of piperidine rings is 1. The van der Waals surface area contributed by atoms with E-state index in [0.29, 0.717) is 4.90 Å². The summed E-state index contributed by atoms with van der Waals surface area (Å²) in [5, 5.41) is 9.78. The Morgan fingerprint density at radius 2 is 1.90 bits per heavy atom. The first-order chi connectivity index (χ1) is 9.29. The first-order valence-electron chi connectivity index (χ1n) is 7.01. The van der Waals surface area contributed by atoms with Gasteiger partial charge in [-0.3, -0.25) is 4.90 Å². The quantitative estimate of drug-likeness (QED) is 0.925. The third-order valence-corrected chi connectivity index (χ3v) is 5.36. The second-order valence-electron chi connectivity index (χ2n) is 5.85. The standard InChI is InChI=1S/C15H23NO3S/c1-11-10-16(9-8-15(11)17)12(2)13-4-6-14(7-5-13)20(3,18)19/h4-7,11-12,15,17H,8-10H2,1-3H3/t11-,12-,15+/m1/s1. The molecule has 0 radical (unpaired) electrons. The molecule has 0 spiro atoms. The summed E-state index contributed by atoms with van der Waals surface area (Å²) in [4.78, 5) is 2.70. The SMILES string of the molecule is C[C@@H]1CN([C@H](C)c2ccc(S(C)(=O)=O)cc2)CC[C@@H]1O. The van der Waals surface area contributed by atoms with Gasteiger partial charge in [0.2, 0.25) is 0 Å². The molecule has 5 heteroatoms. The summed E-state index contributed by atoms with van der Waals surface area (Å²) in [5.41, 5.74) is 1.11. The zero-order valence-corrected chi connectivity index (χ0v) is 13.1. The van der Waals surface area contributed by atoms with Crippen molar-refractivity contribution in [3.63, 3.8) is 0 Å². The summed E-state index contributed by atoms with van der Waals surface area (Å²) < 4.78 is 22.9. The highest BCUT2D eigenvalue weighted by Crippen LogP contribution is 2.27. The lowest BCUT2D eigenvalue weighted by molar-refractivity contribution is 0.0199. The molecule has 1 aliphatic heterocycles. The summed E-state index contributed by atoms with van der Waals surface area (Å²) in [6, 6.07) is 7.35. The van der Waals surface area contributed by atoms with Crippen LogP contribution in [0.25, 0.3) is 0 Å². The number of hydrogen-bond donors (Lipinski definition) is 1. The van der Waals surface area contributed by atoms with Crippen LogP contribution in [0.2, 0.25) is 0 Å². The van der Waals surface area contributed by atoms with Crippen molar-refractivity contribution in [1.82, 2.24) is 4.90 Å². The third kappa shape index (κ3) is 3.40. The predicted molar refractivity (Wildman–Crippen MR) is 79.3 cm³/mol. The topological polar surface area (TPSA) is 57.6 Å². The Hall–Kier alpha value is -0.910. The van der Waals surface area contributed by atoms with E-state index in [9.17, 15) is 13.5 Å². The number of rotatable bonds is 3. The van der Waals surface area contributed by atoms with Gasteiger partial charge in [0.25, 0.3) is 0 Å². The predicted octanol–water partition coefficient (Wildman–Crippen LogP) is 1.85. The maximum Gasteiger partial charge on any atom is 0.175 e. The molecule has 0 saturated carbocycles. The molecular formula is C15H23NO3S. The van der Waals surface area contributed by atoms with Crippen molar-refractivity contribution in [1.29, 1.82) is 0 Å². The lowest BCUT2D eigenvalue weighted by atomic mass is 9.94. The van der Waals surface area contributed by atoms with Crippen LogP contribution in [0.3, 0.4) is 0 Å². The normalized spacial score (nSPS) is 26.4. The number of likely N-dealkylation sites (tertiary alicyclic amines) is 1. The molecule has 112 valence electrons. The van der Waals surface area contributed by atoms with E-state index < -0.39 is 9.84 Å². The van der Waals surface area contributed by atoms with Crippen LogP contribution in [0, 0.1) is 5.92 Å². The smallest absolute Gasteiger partial charge is 0.175 e. The molecule has 1 aromatic carbocycles. The van der Waals surface area contributed by atoms with Crippen molar-refractivity contribution in [3.05, 3.63) is 29.8 Å². The highest BCUT2D eigenvalue weighted by atomic mass is 32.2. The van der Waals surface area contributed by atoms with E-state index in [0.717, 1.165) is 25.1 Å². The molecule has 0 aliphatic carbocycles. The molecule has 1 saturated heterocycles. The number of sulfone groups is 1. The van der Waals surface area contributed by atoms with Gasteiger partial charge < -0.3 is 5.11 Å². The minimum Gasteiger partial charge on any atom is -0.393 e. The van der Waals surface area contributed by atoms with Crippen LogP contribution in [0.4, 0.5) is 0 Å². The fourth-order valence-electron chi connectivity index (χ4n) is 2.72. The van der Waals surface area contributed by atoms with E-state index >= 15 is 0 Å². The second kappa shape index (κ2) is 5.84. The zero-order chi connectivity index (χ0) is 14.9. The van der Waals surface area contributed by atoms with E-state index in [1.165, 1.54) is 6.26 Å². The van der Waals surface area contributed by atoms with Gasteiger partial charge in [0.05, 0.1) is 11.0 Å². The molecule has 0 bridgehead atoms. The molecule has 1 aromatic rings. The number of nitrogens with zero attached hydrogens (tertiary/aromatic N) is 1. The van der Waals surface area contributed by atoms with Crippen LogP contribution in [-0.2, 0) is 9.84 Å². The van der Waals surface area contributed by atoms with Gasteiger partial charge in [0.1, 0.15) is 0 Å². The molecule has 20 heavy (non-hydrogen) atoms. The van der Waals surface area contributed by atoms with E-state index in [4.69, 9.17) is 0 Å². The molecule has 0 amide bonds. The minimum atomic E-state index is -3.13. The highest BCUT2D eigenvalue weighted by Gasteiger charge is 2.27. The van der Waals surface area contributed by atoms with Gasteiger partial charge in [-0.15, -0.1) is 0 Å². The van der Waals surface area contributed by atoms with E-state index in [2.05, 4.69) is 18.7 Å². The Kier molecular flexibility index (Phi) is 4.52. The summed E-state index contributed by atoms with van der Waals surface area (Å²) >= 11 is 0. The Balaban J connectivity index is 2.11. The molecular weight excluding hydrogens is 274 g/mol. The Bertz CT molecular complexity index is 553. The molecule has 1 heterocycles. The van der Waals surface area contributed by atoms with Crippen LogP contribution in [0.15, 0.2) is 29.2 Å².